The first kappa shape index (κ1) is 12.3. The minimum Gasteiger partial charge on any atom is -0.360 e. The number of halogens is 1. The van der Waals surface area contributed by atoms with Gasteiger partial charge in [-0.05, 0) is 30.3 Å². The Morgan fingerprint density at radius 2 is 2.10 bits per heavy atom. The molecule has 0 radical (unpaired) electrons. The van der Waals surface area contributed by atoms with Crippen LogP contribution in [0.3, 0.4) is 0 Å². The number of benzene rings is 1. The van der Waals surface area contributed by atoms with Gasteiger partial charge in [-0.1, -0.05) is 22.0 Å². The van der Waals surface area contributed by atoms with E-state index in [9.17, 15) is 4.79 Å². The highest BCUT2D eigenvalue weighted by atomic mass is 79.9. The maximum absolute atomic E-state index is 12.5. The summed E-state index contributed by atoms with van der Waals surface area (Å²) in [5.74, 6) is 0.518. The van der Waals surface area contributed by atoms with E-state index in [1.165, 1.54) is 4.68 Å². The molecule has 3 heterocycles. The zero-order valence-corrected chi connectivity index (χ0v) is 12.3. The number of nitrogens with zero attached hydrogens (tertiary/aromatic N) is 3. The van der Waals surface area contributed by atoms with Gasteiger partial charge in [-0.15, -0.1) is 0 Å². The van der Waals surface area contributed by atoms with E-state index in [-0.39, 0.29) is 5.56 Å². The molecular formula is C15H9BrN4O. The van der Waals surface area contributed by atoms with Gasteiger partial charge in [0.2, 0.25) is 0 Å². The molecule has 0 atom stereocenters. The van der Waals surface area contributed by atoms with Gasteiger partial charge in [-0.3, -0.25) is 4.79 Å². The number of pyridine rings is 2. The van der Waals surface area contributed by atoms with Gasteiger partial charge in [0.25, 0.3) is 5.56 Å². The molecule has 2 aromatic rings. The zero-order valence-electron chi connectivity index (χ0n) is 10.7. The van der Waals surface area contributed by atoms with E-state index in [1.54, 1.807) is 24.5 Å². The summed E-state index contributed by atoms with van der Waals surface area (Å²) in [6.07, 6.45) is 3.33. The molecule has 5 nitrogen and oxygen atoms in total. The molecular weight excluding hydrogens is 332 g/mol. The first-order chi connectivity index (χ1) is 10.2. The monoisotopic (exact) mass is 340 g/mol. The Hall–Kier alpha value is -2.47. The maximum atomic E-state index is 12.5. The van der Waals surface area contributed by atoms with Crippen LogP contribution in [0.4, 0.5) is 0 Å². The second kappa shape index (κ2) is 4.53. The fourth-order valence-corrected chi connectivity index (χ4v) is 2.73. The molecule has 0 amide bonds. The Morgan fingerprint density at radius 1 is 1.19 bits per heavy atom. The third-order valence-corrected chi connectivity index (χ3v) is 3.85. The van der Waals surface area contributed by atoms with Crippen molar-refractivity contribution in [2.75, 3.05) is 0 Å². The number of aromatic nitrogens is 4. The van der Waals surface area contributed by atoms with Crippen molar-refractivity contribution in [1.82, 2.24) is 19.7 Å². The van der Waals surface area contributed by atoms with Gasteiger partial charge >= 0.3 is 0 Å². The van der Waals surface area contributed by atoms with Crippen LogP contribution in [-0.2, 0) is 0 Å². The van der Waals surface area contributed by atoms with Crippen molar-refractivity contribution in [3.8, 4) is 17.1 Å². The van der Waals surface area contributed by atoms with Crippen molar-refractivity contribution in [1.29, 1.82) is 0 Å². The van der Waals surface area contributed by atoms with Crippen LogP contribution in [0.5, 0.6) is 0 Å². The van der Waals surface area contributed by atoms with Gasteiger partial charge in [0.1, 0.15) is 5.69 Å². The molecule has 102 valence electrons. The van der Waals surface area contributed by atoms with E-state index < -0.39 is 0 Å². The van der Waals surface area contributed by atoms with Gasteiger partial charge < -0.3 is 4.98 Å². The first-order valence-corrected chi connectivity index (χ1v) is 7.14. The summed E-state index contributed by atoms with van der Waals surface area (Å²) in [7, 11) is 0. The number of hydrogen-bond acceptors (Lipinski definition) is 3. The lowest BCUT2D eigenvalue weighted by Crippen LogP contribution is -2.15. The Kier molecular flexibility index (Phi) is 2.65. The Balaban J connectivity index is 2.08. The number of hydrogen-bond donors (Lipinski definition) is 1. The molecule has 6 heteroatoms. The summed E-state index contributed by atoms with van der Waals surface area (Å²) >= 11 is 3.44. The second-order valence-corrected chi connectivity index (χ2v) is 5.56. The molecule has 1 aromatic heterocycles. The predicted octanol–water partition coefficient (Wildman–Crippen LogP) is 2.98. The maximum Gasteiger partial charge on any atom is 0.283 e. The molecule has 4 rings (SSSR count). The Labute approximate surface area is 127 Å². The Morgan fingerprint density at radius 3 is 2.90 bits per heavy atom. The minimum absolute atomic E-state index is 0.176. The molecule has 0 aliphatic carbocycles. The average molecular weight is 341 g/mol. The minimum atomic E-state index is -0.176. The highest BCUT2D eigenvalue weighted by Gasteiger charge is 2.19. The highest BCUT2D eigenvalue weighted by Crippen LogP contribution is 2.27. The molecule has 0 fully saturated rings. The first-order valence-electron chi connectivity index (χ1n) is 6.35. The van der Waals surface area contributed by atoms with E-state index >= 15 is 0 Å². The third-order valence-electron chi connectivity index (χ3n) is 3.35. The molecule has 0 saturated heterocycles. The molecule has 0 bridgehead atoms. The smallest absolute Gasteiger partial charge is 0.283 e. The topological polar surface area (TPSA) is 63.6 Å². The van der Waals surface area contributed by atoms with Gasteiger partial charge in [-0.25, -0.2) is 4.98 Å². The molecule has 0 unspecified atom stereocenters. The summed E-state index contributed by atoms with van der Waals surface area (Å²) in [5, 5.41) is 5.35. The molecule has 1 N–H and O–H groups in total. The van der Waals surface area contributed by atoms with Gasteiger partial charge in [0.05, 0.1) is 5.56 Å². The van der Waals surface area contributed by atoms with Crippen LogP contribution in [0.15, 0.2) is 58.1 Å². The predicted molar refractivity (Wildman–Crippen MR) is 83.8 cm³/mol. The standard InChI is InChI=1S/C15H9BrN4O/c16-9-4-5-10-12(7-9)18-8-11-14(10)19-20(15(11)21)13-3-1-2-6-17-13/h1-8,18H. The summed E-state index contributed by atoms with van der Waals surface area (Å²) < 4.78 is 2.30. The van der Waals surface area contributed by atoms with E-state index in [4.69, 9.17) is 0 Å². The zero-order chi connectivity index (χ0) is 14.4. The van der Waals surface area contributed by atoms with Gasteiger partial charge in [0.15, 0.2) is 5.82 Å². The van der Waals surface area contributed by atoms with Crippen LogP contribution >= 0.6 is 15.9 Å². The average Bonchev–Trinajstić information content (AvgIpc) is 2.85. The summed E-state index contributed by atoms with van der Waals surface area (Å²) in [6, 6.07) is 11.2. The SMILES string of the molecule is O=c1c2c[nH]c3cc(Br)ccc3c-2nn1-c1ccccn1. The largest absolute Gasteiger partial charge is 0.360 e. The Bertz CT molecular complexity index is 974. The molecule has 21 heavy (non-hydrogen) atoms. The second-order valence-electron chi connectivity index (χ2n) is 4.65. The van der Waals surface area contributed by atoms with Gasteiger partial charge in [0, 0.05) is 27.8 Å². The number of fused-ring (bicyclic) bond motifs is 3. The van der Waals surface area contributed by atoms with Crippen LogP contribution < -0.4 is 5.56 Å². The van der Waals surface area contributed by atoms with Gasteiger partial charge in [-0.2, -0.15) is 9.78 Å². The number of aromatic amines is 1. The van der Waals surface area contributed by atoms with Crippen molar-refractivity contribution in [3.05, 3.63) is 63.6 Å². The highest BCUT2D eigenvalue weighted by molar-refractivity contribution is 9.10. The van der Waals surface area contributed by atoms with Crippen molar-refractivity contribution in [2.24, 2.45) is 0 Å². The van der Waals surface area contributed by atoms with Crippen molar-refractivity contribution in [3.63, 3.8) is 0 Å². The molecule has 0 spiro atoms. The number of rotatable bonds is 1. The van der Waals surface area contributed by atoms with Crippen LogP contribution in [0.2, 0.25) is 0 Å². The fourth-order valence-electron chi connectivity index (χ4n) is 2.37. The quantitative estimate of drug-likeness (QED) is 0.579. The third kappa shape index (κ3) is 1.87. The van der Waals surface area contributed by atoms with Crippen LogP contribution in [0.25, 0.3) is 28.0 Å². The number of nitrogens with one attached hydrogen (secondary N) is 1. The summed E-state index contributed by atoms with van der Waals surface area (Å²) in [4.78, 5) is 19.8. The molecule has 2 aliphatic heterocycles. The molecule has 2 aliphatic rings. The van der Waals surface area contributed by atoms with E-state index in [0.717, 1.165) is 15.4 Å². The lowest BCUT2D eigenvalue weighted by Gasteiger charge is -2.02. The van der Waals surface area contributed by atoms with Crippen molar-refractivity contribution < 1.29 is 0 Å². The lowest BCUT2D eigenvalue weighted by atomic mass is 10.1. The fraction of sp³-hybridized carbons (Fsp3) is 0. The summed E-state index contributed by atoms with van der Waals surface area (Å²) in [6.45, 7) is 0. The van der Waals surface area contributed by atoms with Crippen LogP contribution in [0.1, 0.15) is 0 Å². The van der Waals surface area contributed by atoms with E-state index in [2.05, 4.69) is 31.0 Å². The van der Waals surface area contributed by atoms with E-state index in [0.29, 0.717) is 17.1 Å². The molecule has 0 saturated carbocycles. The van der Waals surface area contributed by atoms with Crippen LogP contribution in [0, 0.1) is 0 Å². The number of H-pyrrole nitrogens is 1. The van der Waals surface area contributed by atoms with Crippen molar-refractivity contribution in [2.45, 2.75) is 0 Å². The van der Waals surface area contributed by atoms with E-state index in [1.807, 2.05) is 24.3 Å². The molecule has 1 aromatic carbocycles. The normalized spacial score (nSPS) is 11.3. The lowest BCUT2D eigenvalue weighted by molar-refractivity contribution is 0.827. The van der Waals surface area contributed by atoms with Crippen LogP contribution in [-0.4, -0.2) is 19.7 Å². The summed E-state index contributed by atoms with van der Waals surface area (Å²) in [5.41, 5.74) is 1.97. The van der Waals surface area contributed by atoms with Crippen molar-refractivity contribution >= 4 is 26.8 Å².